The Morgan fingerprint density at radius 3 is 0.941 bits per heavy atom. The predicted molar refractivity (Wildman–Crippen MR) is 417 cm³/mol. The summed E-state index contributed by atoms with van der Waals surface area (Å²) >= 11 is 0. The third kappa shape index (κ3) is 73.0. The quantitative estimate of drug-likeness (QED) is 0.0169. The molecule has 0 spiro atoms. The van der Waals surface area contributed by atoms with Crippen LogP contribution in [0.25, 0.3) is 0 Å². The Balaban J connectivity index is 5.50. The van der Waals surface area contributed by atoms with Crippen molar-refractivity contribution in [2.24, 2.45) is 0 Å². The van der Waals surface area contributed by atoms with Gasteiger partial charge >= 0.3 is 39.5 Å². The molecule has 0 amide bonds. The maximum absolute atomic E-state index is 13.1. The number of esters is 4. The van der Waals surface area contributed by atoms with Crippen molar-refractivity contribution >= 4 is 39.5 Å². The Kier molecular flexibility index (Phi) is 70.1. The summed E-state index contributed by atoms with van der Waals surface area (Å²) in [5.41, 5.74) is 0. The van der Waals surface area contributed by atoms with Gasteiger partial charge in [0.1, 0.15) is 19.3 Å². The molecular formula is C83H136O17P2. The molecule has 0 bridgehead atoms. The smallest absolute Gasteiger partial charge is 0.462 e. The van der Waals surface area contributed by atoms with E-state index in [0.717, 1.165) is 141 Å². The van der Waals surface area contributed by atoms with Crippen LogP contribution < -0.4 is 0 Å². The minimum atomic E-state index is -5.02. The SMILES string of the molecule is CC/C=C\C/C=C\C/C=C\C/C=C\C/C=C\CCCC(=O)OCC(COP(=O)(O)OCC(O)COP(=O)(O)OCC(COC(=O)CCCCCCC/C=C\C/C=C\CCCCC)OC(=O)CCCCCCC/C=C\CCCCCCCC)OC(=O)C/C=C\C/C=C\C/C=C\C/C=C\C/C=C\CC. The van der Waals surface area contributed by atoms with Crippen molar-refractivity contribution in [2.75, 3.05) is 39.6 Å². The zero-order valence-corrected chi connectivity index (χ0v) is 65.0. The van der Waals surface area contributed by atoms with Crippen molar-refractivity contribution in [3.63, 3.8) is 0 Å². The van der Waals surface area contributed by atoms with Gasteiger partial charge in [0.2, 0.25) is 0 Å². The first-order valence-corrected chi connectivity index (χ1v) is 41.7. The maximum atomic E-state index is 13.1. The van der Waals surface area contributed by atoms with E-state index < -0.39 is 97.5 Å². The maximum Gasteiger partial charge on any atom is 0.472 e. The number of allylic oxidation sites excluding steroid dienone is 25. The molecule has 19 heteroatoms. The normalized spacial score (nSPS) is 14.8. The highest BCUT2D eigenvalue weighted by atomic mass is 31.2. The van der Waals surface area contributed by atoms with Crippen LogP contribution in [0, 0.1) is 0 Å². The second-order valence-electron chi connectivity index (χ2n) is 25.2. The summed E-state index contributed by atoms with van der Waals surface area (Å²) in [7, 11) is -10.0. The van der Waals surface area contributed by atoms with Gasteiger partial charge in [0.25, 0.3) is 0 Å². The molecule has 0 fully saturated rings. The zero-order valence-electron chi connectivity index (χ0n) is 63.2. The zero-order chi connectivity index (χ0) is 74.6. The first-order valence-electron chi connectivity index (χ1n) is 38.7. The molecule has 0 heterocycles. The van der Waals surface area contributed by atoms with Crippen LogP contribution in [0.5, 0.6) is 0 Å². The van der Waals surface area contributed by atoms with Gasteiger partial charge in [0.15, 0.2) is 12.2 Å². The van der Waals surface area contributed by atoms with Crippen molar-refractivity contribution in [1.29, 1.82) is 0 Å². The van der Waals surface area contributed by atoms with Crippen molar-refractivity contribution in [3.8, 4) is 0 Å². The lowest BCUT2D eigenvalue weighted by Gasteiger charge is -2.21. The Bertz CT molecular complexity index is 2550. The second kappa shape index (κ2) is 74.0. The summed E-state index contributed by atoms with van der Waals surface area (Å²) in [6, 6.07) is 0. The average molecular weight is 1470 g/mol. The lowest BCUT2D eigenvalue weighted by atomic mass is 10.1. The van der Waals surface area contributed by atoms with Crippen LogP contribution in [0.2, 0.25) is 0 Å². The Morgan fingerprint density at radius 2 is 0.559 bits per heavy atom. The highest BCUT2D eigenvalue weighted by Crippen LogP contribution is 2.45. The van der Waals surface area contributed by atoms with Gasteiger partial charge in [0, 0.05) is 19.3 Å². The van der Waals surface area contributed by atoms with Gasteiger partial charge < -0.3 is 33.8 Å². The molecule has 102 heavy (non-hydrogen) atoms. The molecule has 0 aliphatic rings. The number of ether oxygens (including phenoxy) is 4. The van der Waals surface area contributed by atoms with E-state index in [2.05, 4.69) is 149 Å². The molecule has 0 radical (unpaired) electrons. The lowest BCUT2D eigenvalue weighted by Crippen LogP contribution is -2.30. The third-order valence-corrected chi connectivity index (χ3v) is 17.4. The number of phosphoric ester groups is 2. The summed E-state index contributed by atoms with van der Waals surface area (Å²) in [5, 5.41) is 10.6. The van der Waals surface area contributed by atoms with E-state index in [9.17, 15) is 43.2 Å². The largest absolute Gasteiger partial charge is 0.472 e. The van der Waals surface area contributed by atoms with Gasteiger partial charge in [-0.1, -0.05) is 269 Å². The highest BCUT2D eigenvalue weighted by Gasteiger charge is 2.30. The van der Waals surface area contributed by atoms with Gasteiger partial charge in [-0.2, -0.15) is 0 Å². The molecule has 5 unspecified atom stereocenters. The van der Waals surface area contributed by atoms with Crippen LogP contribution in [0.4, 0.5) is 0 Å². The number of aliphatic hydroxyl groups excluding tert-OH is 1. The van der Waals surface area contributed by atoms with E-state index in [0.29, 0.717) is 32.1 Å². The Hall–Kier alpha value is -5.32. The number of rotatable bonds is 71. The minimum absolute atomic E-state index is 0.0579. The van der Waals surface area contributed by atoms with Crippen LogP contribution in [0.3, 0.4) is 0 Å². The van der Waals surface area contributed by atoms with E-state index in [1.807, 2.05) is 24.3 Å². The second-order valence-corrected chi connectivity index (χ2v) is 28.1. The Morgan fingerprint density at radius 1 is 0.294 bits per heavy atom. The van der Waals surface area contributed by atoms with Crippen molar-refractivity contribution in [1.82, 2.24) is 0 Å². The summed E-state index contributed by atoms with van der Waals surface area (Å²) < 4.78 is 68.3. The summed E-state index contributed by atoms with van der Waals surface area (Å²) in [6.07, 6.45) is 85.6. The van der Waals surface area contributed by atoms with Gasteiger partial charge in [-0.05, 0) is 148 Å². The molecule has 17 nitrogen and oxygen atoms in total. The average Bonchev–Trinajstić information content (AvgIpc) is 0.923. The molecule has 0 aliphatic heterocycles. The molecule has 3 N–H and O–H groups in total. The fraction of sp³-hybridized carbons (Fsp3) is 0.639. The molecule has 580 valence electrons. The van der Waals surface area contributed by atoms with E-state index in [4.69, 9.17) is 37.0 Å². The standard InChI is InChI=1S/C83H136O17P2/c1-5-9-13-17-21-25-29-33-37-38-42-44-48-52-56-60-64-68-81(86)94-74-79(100-83(88)70-66-62-58-54-50-46-41-36-32-28-24-20-16-12-8-4)76-98-102(91,92)96-72-77(84)71-95-101(89,90)97-75-78(99-82(87)69-65-61-57-53-49-45-40-35-31-27-23-19-15-11-7-3)73-93-80(85)67-63-59-55-51-47-43-39-34-30-26-22-18-14-10-6-2/h9,12-13,16,21-22,24-26,28,33-37,39-42,44,50,52,54,56,62,66,77-79,84H,5-8,10-11,14-15,17-20,23,27,29-32,38,43,45-49,51,53,55,57-61,63-65,67-76H2,1-4H3,(H,89,90)(H,91,92)/b13-9-,16-12-,25-21-,26-22-,28-24-,37-33-,39-34-,40-35-,41-36-,44-42-,54-50-,56-52-,66-62-. The number of hydrogen-bond acceptors (Lipinski definition) is 15. The van der Waals surface area contributed by atoms with Crippen molar-refractivity contribution in [2.45, 2.75) is 303 Å². The molecule has 0 saturated heterocycles. The molecule has 0 saturated carbocycles. The van der Waals surface area contributed by atoms with Crippen LogP contribution in [-0.2, 0) is 65.4 Å². The molecular weight excluding hydrogens is 1330 g/mol. The fourth-order valence-corrected chi connectivity index (χ4v) is 11.2. The van der Waals surface area contributed by atoms with E-state index in [-0.39, 0.29) is 25.7 Å². The van der Waals surface area contributed by atoms with E-state index >= 15 is 0 Å². The van der Waals surface area contributed by atoms with Gasteiger partial charge in [-0.3, -0.25) is 37.3 Å². The summed E-state index contributed by atoms with van der Waals surface area (Å²) in [4.78, 5) is 72.8. The molecule has 0 rings (SSSR count). The van der Waals surface area contributed by atoms with Gasteiger partial charge in [-0.25, -0.2) is 9.13 Å². The molecule has 0 aromatic heterocycles. The number of carbonyl (C=O) groups is 4. The lowest BCUT2D eigenvalue weighted by molar-refractivity contribution is -0.161. The number of unbranched alkanes of at least 4 members (excludes halogenated alkanes) is 20. The first-order chi connectivity index (χ1) is 49.7. The van der Waals surface area contributed by atoms with Gasteiger partial charge in [0.05, 0.1) is 32.8 Å². The van der Waals surface area contributed by atoms with E-state index in [1.165, 1.54) is 57.8 Å². The predicted octanol–water partition coefficient (Wildman–Crippen LogP) is 22.4. The van der Waals surface area contributed by atoms with Crippen molar-refractivity contribution < 1.29 is 80.2 Å². The van der Waals surface area contributed by atoms with Crippen LogP contribution in [0.1, 0.15) is 285 Å². The molecule has 0 aromatic carbocycles. The highest BCUT2D eigenvalue weighted by molar-refractivity contribution is 7.47. The first kappa shape index (κ1) is 96.7. The molecule has 0 aromatic rings. The molecule has 0 aliphatic carbocycles. The topological polar surface area (TPSA) is 237 Å². The third-order valence-electron chi connectivity index (χ3n) is 15.5. The monoisotopic (exact) mass is 1470 g/mol. The molecule has 5 atom stereocenters. The Labute approximate surface area is 617 Å². The van der Waals surface area contributed by atoms with Crippen molar-refractivity contribution in [3.05, 3.63) is 158 Å². The van der Waals surface area contributed by atoms with Gasteiger partial charge in [-0.15, -0.1) is 0 Å². The minimum Gasteiger partial charge on any atom is -0.462 e. The number of carbonyl (C=O) groups excluding carboxylic acids is 4. The number of aliphatic hydroxyl groups is 1. The summed E-state index contributed by atoms with van der Waals surface area (Å²) in [5.74, 6) is -2.43. The number of phosphoric acid groups is 2. The fourth-order valence-electron chi connectivity index (χ4n) is 9.65. The van der Waals surface area contributed by atoms with E-state index in [1.54, 1.807) is 12.2 Å². The van der Waals surface area contributed by atoms with Crippen LogP contribution in [-0.4, -0.2) is 96.7 Å². The van der Waals surface area contributed by atoms with Crippen LogP contribution in [0.15, 0.2) is 158 Å². The number of hydrogen-bond donors (Lipinski definition) is 3. The summed E-state index contributed by atoms with van der Waals surface area (Å²) in [6.45, 7) is 4.39. The van der Waals surface area contributed by atoms with Crippen LogP contribution >= 0.6 is 15.6 Å².